The average molecular weight is 240 g/mol. The Hall–Kier alpha value is -0.570. The number of carbonyl (C=O) groups excluding carboxylic acids is 1. The highest BCUT2D eigenvalue weighted by Crippen LogP contribution is 2.08. The zero-order valence-corrected chi connectivity index (χ0v) is 11.6. The zero-order chi connectivity index (χ0) is 12.5. The van der Waals surface area contributed by atoms with Crippen LogP contribution in [0.4, 0.5) is 0 Å². The van der Waals surface area contributed by atoms with Crippen molar-refractivity contribution in [3.63, 3.8) is 0 Å². The molecule has 1 fully saturated rings. The highest BCUT2D eigenvalue weighted by Gasteiger charge is 2.11. The van der Waals surface area contributed by atoms with Crippen LogP contribution in [0.5, 0.6) is 0 Å². The maximum Gasteiger partial charge on any atom is 0.219 e. The number of amides is 1. The lowest BCUT2D eigenvalue weighted by Crippen LogP contribution is -2.31. The number of nitrogens with zero attached hydrogens (tertiary/aromatic N) is 2. The third-order valence-corrected chi connectivity index (χ3v) is 3.58. The Morgan fingerprint density at radius 1 is 1.12 bits per heavy atom. The fourth-order valence-electron chi connectivity index (χ4n) is 2.42. The summed E-state index contributed by atoms with van der Waals surface area (Å²) in [6.07, 6.45) is 7.42. The lowest BCUT2D eigenvalue weighted by atomic mass is 10.2. The van der Waals surface area contributed by atoms with E-state index in [4.69, 9.17) is 0 Å². The van der Waals surface area contributed by atoms with Gasteiger partial charge in [-0.1, -0.05) is 13.3 Å². The van der Waals surface area contributed by atoms with Gasteiger partial charge in [-0.15, -0.1) is 0 Å². The maximum absolute atomic E-state index is 11.4. The van der Waals surface area contributed by atoms with Crippen molar-refractivity contribution in [3.8, 4) is 0 Å². The molecule has 0 radical (unpaired) electrons. The summed E-state index contributed by atoms with van der Waals surface area (Å²) in [5.41, 5.74) is 0. The van der Waals surface area contributed by atoms with Crippen LogP contribution >= 0.6 is 0 Å². The highest BCUT2D eigenvalue weighted by molar-refractivity contribution is 5.73. The summed E-state index contributed by atoms with van der Waals surface area (Å²) in [5, 5.41) is 0. The molecular formula is C14H28N2O. The van der Waals surface area contributed by atoms with Crippen LogP contribution < -0.4 is 0 Å². The van der Waals surface area contributed by atoms with Gasteiger partial charge in [0, 0.05) is 20.0 Å². The van der Waals surface area contributed by atoms with Crippen LogP contribution in [-0.4, -0.2) is 48.4 Å². The van der Waals surface area contributed by atoms with Gasteiger partial charge in [0.15, 0.2) is 0 Å². The van der Waals surface area contributed by atoms with Crippen molar-refractivity contribution in [3.05, 3.63) is 0 Å². The van der Waals surface area contributed by atoms with E-state index in [1.807, 2.05) is 4.90 Å². The predicted octanol–water partition coefficient (Wildman–Crippen LogP) is 2.51. The summed E-state index contributed by atoms with van der Waals surface area (Å²) in [5.74, 6) is 0.236. The van der Waals surface area contributed by atoms with Crippen molar-refractivity contribution < 1.29 is 4.79 Å². The van der Waals surface area contributed by atoms with E-state index in [-0.39, 0.29) is 5.91 Å². The van der Waals surface area contributed by atoms with E-state index in [1.165, 1.54) is 38.9 Å². The summed E-state index contributed by atoms with van der Waals surface area (Å²) >= 11 is 0. The van der Waals surface area contributed by atoms with E-state index >= 15 is 0 Å². The van der Waals surface area contributed by atoms with Crippen molar-refractivity contribution in [2.75, 3.05) is 32.7 Å². The van der Waals surface area contributed by atoms with E-state index in [1.54, 1.807) is 6.92 Å². The van der Waals surface area contributed by atoms with Crippen LogP contribution in [0, 0.1) is 0 Å². The van der Waals surface area contributed by atoms with E-state index in [9.17, 15) is 4.79 Å². The first-order chi connectivity index (χ1) is 8.24. The van der Waals surface area contributed by atoms with Gasteiger partial charge in [0.05, 0.1) is 0 Å². The van der Waals surface area contributed by atoms with Crippen molar-refractivity contribution in [1.82, 2.24) is 9.80 Å². The largest absolute Gasteiger partial charge is 0.343 e. The number of carbonyl (C=O) groups is 1. The minimum Gasteiger partial charge on any atom is -0.343 e. The quantitative estimate of drug-likeness (QED) is 0.609. The predicted molar refractivity (Wildman–Crippen MR) is 72.1 cm³/mol. The van der Waals surface area contributed by atoms with Crippen molar-refractivity contribution in [2.24, 2.45) is 0 Å². The molecule has 0 atom stereocenters. The molecule has 0 aromatic carbocycles. The average Bonchev–Trinajstić information content (AvgIpc) is 2.80. The Kier molecular flexibility index (Phi) is 7.25. The standard InChI is InChI=1S/C14H28N2O/c1-3-4-12-16(14(2)17)13-8-7-11-15-9-5-6-10-15/h3-13H2,1-2H3. The van der Waals surface area contributed by atoms with Crippen LogP contribution in [0.1, 0.15) is 52.4 Å². The van der Waals surface area contributed by atoms with Gasteiger partial charge in [-0.25, -0.2) is 0 Å². The molecule has 1 amide bonds. The second-order valence-corrected chi connectivity index (χ2v) is 5.12. The molecule has 0 aromatic rings. The smallest absolute Gasteiger partial charge is 0.219 e. The second-order valence-electron chi connectivity index (χ2n) is 5.12. The molecule has 3 nitrogen and oxygen atoms in total. The van der Waals surface area contributed by atoms with Crippen LogP contribution in [0.25, 0.3) is 0 Å². The Morgan fingerprint density at radius 3 is 2.35 bits per heavy atom. The zero-order valence-electron chi connectivity index (χ0n) is 11.6. The van der Waals surface area contributed by atoms with Crippen molar-refractivity contribution >= 4 is 5.91 Å². The third-order valence-electron chi connectivity index (χ3n) is 3.58. The van der Waals surface area contributed by atoms with Crippen LogP contribution in [0.15, 0.2) is 0 Å². The lowest BCUT2D eigenvalue weighted by molar-refractivity contribution is -0.129. The maximum atomic E-state index is 11.4. The molecule has 1 aliphatic heterocycles. The molecule has 0 bridgehead atoms. The van der Waals surface area contributed by atoms with Gasteiger partial charge in [0.25, 0.3) is 0 Å². The third kappa shape index (κ3) is 6.06. The first-order valence-corrected chi connectivity index (χ1v) is 7.22. The van der Waals surface area contributed by atoms with E-state index in [0.29, 0.717) is 0 Å². The first kappa shape index (κ1) is 14.5. The minimum absolute atomic E-state index is 0.236. The van der Waals surface area contributed by atoms with Gasteiger partial charge < -0.3 is 9.80 Å². The first-order valence-electron chi connectivity index (χ1n) is 7.22. The molecular weight excluding hydrogens is 212 g/mol. The Balaban J connectivity index is 2.06. The molecule has 1 rings (SSSR count). The minimum atomic E-state index is 0.236. The molecule has 1 saturated heterocycles. The fourth-order valence-corrected chi connectivity index (χ4v) is 2.42. The normalized spacial score (nSPS) is 16.4. The van der Waals surface area contributed by atoms with Gasteiger partial charge in [-0.3, -0.25) is 4.79 Å². The Morgan fingerprint density at radius 2 is 1.76 bits per heavy atom. The highest BCUT2D eigenvalue weighted by atomic mass is 16.2. The van der Waals surface area contributed by atoms with E-state index in [0.717, 1.165) is 32.4 Å². The van der Waals surface area contributed by atoms with Crippen LogP contribution in [-0.2, 0) is 4.79 Å². The number of hydrogen-bond acceptors (Lipinski definition) is 2. The van der Waals surface area contributed by atoms with Gasteiger partial charge in [0.2, 0.25) is 5.91 Å². The molecule has 3 heteroatoms. The molecule has 1 aliphatic rings. The molecule has 0 spiro atoms. The van der Waals surface area contributed by atoms with Gasteiger partial charge in [-0.2, -0.15) is 0 Å². The number of unbranched alkanes of at least 4 members (excludes halogenated alkanes) is 2. The molecule has 100 valence electrons. The van der Waals surface area contributed by atoms with Crippen LogP contribution in [0.3, 0.4) is 0 Å². The van der Waals surface area contributed by atoms with Crippen molar-refractivity contribution in [2.45, 2.75) is 52.4 Å². The number of likely N-dealkylation sites (tertiary alicyclic amines) is 1. The molecule has 0 aromatic heterocycles. The second kappa shape index (κ2) is 8.51. The summed E-state index contributed by atoms with van der Waals surface area (Å²) in [7, 11) is 0. The summed E-state index contributed by atoms with van der Waals surface area (Å²) in [6, 6.07) is 0. The Labute approximate surface area is 106 Å². The molecule has 1 heterocycles. The van der Waals surface area contributed by atoms with E-state index < -0.39 is 0 Å². The lowest BCUT2D eigenvalue weighted by Gasteiger charge is -2.21. The summed E-state index contributed by atoms with van der Waals surface area (Å²) in [4.78, 5) is 16.0. The van der Waals surface area contributed by atoms with Gasteiger partial charge in [0.1, 0.15) is 0 Å². The topological polar surface area (TPSA) is 23.6 Å². The van der Waals surface area contributed by atoms with E-state index in [2.05, 4.69) is 11.8 Å². The molecule has 0 saturated carbocycles. The van der Waals surface area contributed by atoms with Gasteiger partial charge in [-0.05, 0) is 51.7 Å². The SMILES string of the molecule is CCCCN(CCCCN1CCCC1)C(C)=O. The van der Waals surface area contributed by atoms with Gasteiger partial charge >= 0.3 is 0 Å². The summed E-state index contributed by atoms with van der Waals surface area (Å²) < 4.78 is 0. The molecule has 17 heavy (non-hydrogen) atoms. The summed E-state index contributed by atoms with van der Waals surface area (Å²) in [6.45, 7) is 9.54. The Bertz CT molecular complexity index is 212. The van der Waals surface area contributed by atoms with Crippen molar-refractivity contribution in [1.29, 1.82) is 0 Å². The molecule has 0 N–H and O–H groups in total. The van der Waals surface area contributed by atoms with Crippen LogP contribution in [0.2, 0.25) is 0 Å². The molecule has 0 unspecified atom stereocenters. The number of hydrogen-bond donors (Lipinski definition) is 0. The number of rotatable bonds is 8. The molecule has 0 aliphatic carbocycles. The monoisotopic (exact) mass is 240 g/mol. The fraction of sp³-hybridized carbons (Fsp3) is 0.929.